The van der Waals surface area contributed by atoms with Gasteiger partial charge in [0.2, 0.25) is 11.2 Å². The number of hydrogen-bond donors (Lipinski definition) is 0. The molecule has 5 rings (SSSR count). The minimum atomic E-state index is -0.839. The number of nitrogens with zero attached hydrogens (tertiary/aromatic N) is 2. The fraction of sp³-hybridized carbons (Fsp3) is 0.200. The van der Waals surface area contributed by atoms with Gasteiger partial charge in [-0.25, -0.2) is 0 Å². The Balaban J connectivity index is 1.41. The van der Waals surface area contributed by atoms with Crippen molar-refractivity contribution in [3.8, 4) is 28.6 Å². The summed E-state index contributed by atoms with van der Waals surface area (Å²) in [6.07, 6.45) is -0.333. The van der Waals surface area contributed by atoms with Crippen molar-refractivity contribution in [1.29, 1.82) is 0 Å². The van der Waals surface area contributed by atoms with Crippen LogP contribution in [-0.2, 0) is 4.79 Å². The lowest BCUT2D eigenvalue weighted by Gasteiger charge is -2.14. The molecular weight excluding hydrogens is 584 g/mol. The molecule has 0 spiro atoms. The average molecular weight is 607 g/mol. The van der Waals surface area contributed by atoms with E-state index in [2.05, 4.69) is 0 Å². The molecule has 3 aromatic carbocycles. The smallest absolute Gasteiger partial charge is 0.311 e. The van der Waals surface area contributed by atoms with Crippen molar-refractivity contribution >= 4 is 46.0 Å². The molecule has 0 fully saturated rings. The van der Waals surface area contributed by atoms with Gasteiger partial charge < -0.3 is 18.6 Å². The maximum absolute atomic E-state index is 13.6. The Morgan fingerprint density at radius 2 is 1.77 bits per heavy atom. The summed E-state index contributed by atoms with van der Waals surface area (Å²) in [5.41, 5.74) is -0.242. The van der Waals surface area contributed by atoms with Crippen molar-refractivity contribution in [2.24, 2.45) is 0 Å². The lowest BCUT2D eigenvalue weighted by molar-refractivity contribution is -0.385. The Morgan fingerprint density at radius 3 is 2.47 bits per heavy atom. The zero-order chi connectivity index (χ0) is 31.0. The van der Waals surface area contributed by atoms with Crippen molar-refractivity contribution in [1.82, 2.24) is 4.90 Å². The Hall–Kier alpha value is -5.23. The molecule has 0 saturated heterocycles. The van der Waals surface area contributed by atoms with E-state index in [1.54, 1.807) is 31.2 Å². The lowest BCUT2D eigenvalue weighted by Crippen LogP contribution is -2.31. The quantitative estimate of drug-likeness (QED) is 0.106. The maximum Gasteiger partial charge on any atom is 0.311 e. The van der Waals surface area contributed by atoms with E-state index < -0.39 is 33.8 Å². The van der Waals surface area contributed by atoms with Crippen LogP contribution in [0.1, 0.15) is 39.1 Å². The number of carbonyl (C=O) groups excluding carboxylic acids is 3. The molecule has 0 aliphatic carbocycles. The van der Waals surface area contributed by atoms with Crippen LogP contribution in [-0.4, -0.2) is 48.4 Å². The molecule has 1 aliphatic heterocycles. The Labute approximate surface area is 248 Å². The van der Waals surface area contributed by atoms with Crippen LogP contribution < -0.4 is 19.6 Å². The molecule has 13 heteroatoms. The number of aryl methyl sites for hydroxylation is 1. The third kappa shape index (κ3) is 5.28. The monoisotopic (exact) mass is 606 g/mol. The number of ether oxygens (including phenoxy) is 3. The number of fused-ring (bicyclic) bond motifs is 2. The molecule has 4 aromatic rings. The normalized spacial score (nSPS) is 12.4. The number of nitro groups is 1. The van der Waals surface area contributed by atoms with E-state index in [9.17, 15) is 29.3 Å². The van der Waals surface area contributed by atoms with E-state index in [4.69, 9.17) is 30.2 Å². The first kappa shape index (κ1) is 29.3. The first-order valence-corrected chi connectivity index (χ1v) is 13.3. The number of benzene rings is 3. The highest BCUT2D eigenvalue weighted by Gasteiger charge is 2.40. The molecule has 220 valence electrons. The Kier molecular flexibility index (Phi) is 7.87. The standard InChI is InChI=1S/C30H23ClN2O10/c1-15-12-22-18(14-19(15)31)26(35)28(27(42-22)16-9-10-21(40-2)23(13-16)41-3)43-24(34)8-5-11-32-29(36)17-6-4-7-20(33(38)39)25(17)30(32)37/h4,6-7,9-10,12-14H,5,8,11H2,1-3H3. The first-order chi connectivity index (χ1) is 20.5. The molecule has 43 heavy (non-hydrogen) atoms. The summed E-state index contributed by atoms with van der Waals surface area (Å²) in [5.74, 6) is -2.02. The number of rotatable bonds is 9. The number of nitro benzene ring substituents is 1. The lowest BCUT2D eigenvalue weighted by atomic mass is 10.1. The third-order valence-corrected chi connectivity index (χ3v) is 7.34. The molecule has 0 radical (unpaired) electrons. The minimum Gasteiger partial charge on any atom is -0.493 e. The average Bonchev–Trinajstić information content (AvgIpc) is 3.24. The summed E-state index contributed by atoms with van der Waals surface area (Å²) >= 11 is 6.25. The second-order valence-electron chi connectivity index (χ2n) is 9.55. The van der Waals surface area contributed by atoms with Crippen LogP contribution in [0.15, 0.2) is 57.7 Å². The van der Waals surface area contributed by atoms with Crippen molar-refractivity contribution in [2.75, 3.05) is 20.8 Å². The molecular formula is C30H23ClN2O10. The van der Waals surface area contributed by atoms with Gasteiger partial charge in [0, 0.05) is 29.6 Å². The predicted molar refractivity (Wildman–Crippen MR) is 154 cm³/mol. The Morgan fingerprint density at radius 1 is 1.02 bits per heavy atom. The van der Waals surface area contributed by atoms with Gasteiger partial charge in [-0.05, 0) is 55.3 Å². The summed E-state index contributed by atoms with van der Waals surface area (Å²) in [6, 6.07) is 11.6. The number of carbonyl (C=O) groups is 3. The maximum atomic E-state index is 13.6. The fourth-order valence-electron chi connectivity index (χ4n) is 4.78. The van der Waals surface area contributed by atoms with E-state index in [0.29, 0.717) is 27.6 Å². The zero-order valence-corrected chi connectivity index (χ0v) is 23.9. The van der Waals surface area contributed by atoms with Gasteiger partial charge in [0.1, 0.15) is 11.1 Å². The second kappa shape index (κ2) is 11.6. The van der Waals surface area contributed by atoms with E-state index in [1.165, 1.54) is 32.4 Å². The van der Waals surface area contributed by atoms with Crippen LogP contribution in [0.25, 0.3) is 22.3 Å². The van der Waals surface area contributed by atoms with Crippen molar-refractivity contribution in [3.63, 3.8) is 0 Å². The number of esters is 1. The van der Waals surface area contributed by atoms with Gasteiger partial charge in [0.05, 0.1) is 30.1 Å². The third-order valence-electron chi connectivity index (χ3n) is 6.93. The fourth-order valence-corrected chi connectivity index (χ4v) is 4.94. The SMILES string of the molecule is COc1ccc(-c2oc3cc(C)c(Cl)cc3c(=O)c2OC(=O)CCCN2C(=O)c3cccc([N+](=O)[O-])c3C2=O)cc1OC. The van der Waals surface area contributed by atoms with Crippen LogP contribution in [0.5, 0.6) is 17.2 Å². The van der Waals surface area contributed by atoms with Gasteiger partial charge in [0.25, 0.3) is 17.5 Å². The first-order valence-electron chi connectivity index (χ1n) is 12.9. The van der Waals surface area contributed by atoms with Gasteiger partial charge in [0.15, 0.2) is 17.3 Å². The number of amides is 2. The van der Waals surface area contributed by atoms with E-state index in [1.807, 2.05) is 0 Å². The molecule has 2 amide bonds. The Bertz CT molecular complexity index is 1900. The molecule has 0 unspecified atom stereocenters. The van der Waals surface area contributed by atoms with Crippen molar-refractivity contribution < 1.29 is 37.9 Å². The molecule has 0 N–H and O–H groups in total. The predicted octanol–water partition coefficient (Wildman–Crippen LogP) is 5.33. The van der Waals surface area contributed by atoms with Crippen LogP contribution in [0.3, 0.4) is 0 Å². The molecule has 0 atom stereocenters. The number of methoxy groups -OCH3 is 2. The van der Waals surface area contributed by atoms with Crippen molar-refractivity contribution in [3.05, 3.63) is 90.6 Å². The van der Waals surface area contributed by atoms with Crippen LogP contribution >= 0.6 is 11.6 Å². The molecule has 2 heterocycles. The molecule has 1 aliphatic rings. The summed E-state index contributed by atoms with van der Waals surface area (Å²) < 4.78 is 22.2. The number of imide groups is 1. The van der Waals surface area contributed by atoms with Crippen molar-refractivity contribution in [2.45, 2.75) is 19.8 Å². The highest BCUT2D eigenvalue weighted by atomic mass is 35.5. The summed E-state index contributed by atoms with van der Waals surface area (Å²) in [4.78, 5) is 63.6. The van der Waals surface area contributed by atoms with E-state index in [-0.39, 0.29) is 53.0 Å². The highest BCUT2D eigenvalue weighted by molar-refractivity contribution is 6.32. The van der Waals surface area contributed by atoms with Gasteiger partial charge in [-0.3, -0.25) is 34.2 Å². The number of hydrogen-bond acceptors (Lipinski definition) is 10. The van der Waals surface area contributed by atoms with Crippen LogP contribution in [0, 0.1) is 17.0 Å². The largest absolute Gasteiger partial charge is 0.493 e. The summed E-state index contributed by atoms with van der Waals surface area (Å²) in [6.45, 7) is 1.54. The van der Waals surface area contributed by atoms with E-state index >= 15 is 0 Å². The van der Waals surface area contributed by atoms with Gasteiger partial charge in [-0.1, -0.05) is 17.7 Å². The molecule has 0 saturated carbocycles. The van der Waals surface area contributed by atoms with Gasteiger partial charge >= 0.3 is 5.97 Å². The van der Waals surface area contributed by atoms with Gasteiger partial charge in [-0.15, -0.1) is 0 Å². The topological polar surface area (TPSA) is 155 Å². The molecule has 0 bridgehead atoms. The van der Waals surface area contributed by atoms with Crippen LogP contribution in [0.2, 0.25) is 5.02 Å². The second-order valence-corrected chi connectivity index (χ2v) is 9.96. The summed E-state index contributed by atoms with van der Waals surface area (Å²) in [7, 11) is 2.91. The van der Waals surface area contributed by atoms with E-state index in [0.717, 1.165) is 11.0 Å². The van der Waals surface area contributed by atoms with Gasteiger partial charge in [-0.2, -0.15) is 0 Å². The zero-order valence-electron chi connectivity index (χ0n) is 23.1. The number of halogens is 1. The minimum absolute atomic E-state index is 0.0340. The highest BCUT2D eigenvalue weighted by Crippen LogP contribution is 2.38. The molecule has 1 aromatic heterocycles. The van der Waals surface area contributed by atoms with Crippen LogP contribution in [0.4, 0.5) is 5.69 Å². The molecule has 12 nitrogen and oxygen atoms in total. The summed E-state index contributed by atoms with van der Waals surface area (Å²) in [5, 5.41) is 11.8.